The molecule has 3 N–H and O–H groups in total. The van der Waals surface area contributed by atoms with Crippen molar-refractivity contribution in [1.82, 2.24) is 15.8 Å². The third-order valence-corrected chi connectivity index (χ3v) is 5.55. The smallest absolute Gasteiger partial charge is 0.260 e. The molecule has 0 saturated heterocycles. The zero-order valence-electron chi connectivity index (χ0n) is 15.3. The molecule has 0 spiro atoms. The van der Waals surface area contributed by atoms with Crippen molar-refractivity contribution >= 4 is 38.5 Å². The summed E-state index contributed by atoms with van der Waals surface area (Å²) >= 11 is 1.48. The van der Waals surface area contributed by atoms with E-state index in [-0.39, 0.29) is 24.3 Å². The minimum Gasteiger partial charge on any atom is -0.492 e. The van der Waals surface area contributed by atoms with Crippen molar-refractivity contribution in [3.8, 4) is 5.75 Å². The van der Waals surface area contributed by atoms with E-state index in [4.69, 9.17) is 4.74 Å². The van der Waals surface area contributed by atoms with Crippen molar-refractivity contribution in [3.05, 3.63) is 54.1 Å². The van der Waals surface area contributed by atoms with Gasteiger partial charge < -0.3 is 10.1 Å². The Labute approximate surface area is 166 Å². The summed E-state index contributed by atoms with van der Waals surface area (Å²) in [7, 11) is 0. The molecule has 0 bridgehead atoms. The lowest BCUT2D eigenvalue weighted by atomic mass is 9.96. The Hall–Kier alpha value is -3.13. The number of hydrazine groups is 1. The molecule has 144 valence electrons. The molecule has 0 aliphatic carbocycles. The number of nitrogens with zero attached hydrogens (tertiary/aromatic N) is 1. The summed E-state index contributed by atoms with van der Waals surface area (Å²) in [6.45, 7) is 2.01. The monoisotopic (exact) mass is 396 g/mol. The Bertz CT molecular complexity index is 986. The number of hydrogen-bond acceptors (Lipinski definition) is 6. The van der Waals surface area contributed by atoms with Crippen molar-refractivity contribution in [2.45, 2.75) is 19.4 Å². The Morgan fingerprint density at radius 1 is 1.14 bits per heavy atom. The second-order valence-electron chi connectivity index (χ2n) is 6.65. The maximum Gasteiger partial charge on any atom is 0.260 e. The molecule has 7 nitrogen and oxygen atoms in total. The number of hydrogen-bond donors (Lipinski definition) is 3. The third-order valence-electron chi connectivity index (χ3n) is 4.59. The molecule has 1 aliphatic rings. The van der Waals surface area contributed by atoms with E-state index < -0.39 is 6.04 Å². The number of carbonyl (C=O) groups excluding carboxylic acids is 2. The van der Waals surface area contributed by atoms with Gasteiger partial charge >= 0.3 is 0 Å². The van der Waals surface area contributed by atoms with Gasteiger partial charge in [0.25, 0.3) is 5.91 Å². The zero-order valence-corrected chi connectivity index (χ0v) is 16.1. The van der Waals surface area contributed by atoms with Gasteiger partial charge in [0.15, 0.2) is 5.13 Å². The number of ether oxygens (including phenoxy) is 1. The predicted octanol–water partition coefficient (Wildman–Crippen LogP) is 2.50. The van der Waals surface area contributed by atoms with Gasteiger partial charge in [-0.2, -0.15) is 0 Å². The molecule has 2 heterocycles. The highest BCUT2D eigenvalue weighted by atomic mass is 32.1. The molecule has 2 unspecified atom stereocenters. The largest absolute Gasteiger partial charge is 0.492 e. The van der Waals surface area contributed by atoms with Crippen LogP contribution in [0.2, 0.25) is 0 Å². The van der Waals surface area contributed by atoms with E-state index >= 15 is 0 Å². The molecule has 8 heteroatoms. The fourth-order valence-corrected chi connectivity index (χ4v) is 3.97. The van der Waals surface area contributed by atoms with Gasteiger partial charge in [-0.15, -0.1) is 0 Å². The molecule has 28 heavy (non-hydrogen) atoms. The number of carbonyl (C=O) groups is 2. The maximum atomic E-state index is 12.4. The van der Waals surface area contributed by atoms with Crippen LogP contribution >= 0.6 is 11.3 Å². The molecule has 2 atom stereocenters. The van der Waals surface area contributed by atoms with Crippen molar-refractivity contribution in [2.24, 2.45) is 5.92 Å². The van der Waals surface area contributed by atoms with Crippen LogP contribution in [0.1, 0.15) is 12.5 Å². The first kappa shape index (κ1) is 18.2. The van der Waals surface area contributed by atoms with E-state index in [0.717, 1.165) is 21.5 Å². The molecular formula is C20H20N4O3S. The molecule has 1 aromatic heterocycles. The molecule has 2 amide bonds. The summed E-state index contributed by atoms with van der Waals surface area (Å²) in [5.74, 6) is -0.147. The van der Waals surface area contributed by atoms with Crippen LogP contribution in [-0.4, -0.2) is 29.4 Å². The quantitative estimate of drug-likeness (QED) is 0.590. The van der Waals surface area contributed by atoms with Gasteiger partial charge in [0.05, 0.1) is 16.1 Å². The molecule has 0 fully saturated rings. The summed E-state index contributed by atoms with van der Waals surface area (Å²) in [5.41, 5.74) is 6.85. The van der Waals surface area contributed by atoms with E-state index in [2.05, 4.69) is 21.2 Å². The van der Waals surface area contributed by atoms with Crippen molar-refractivity contribution < 1.29 is 14.3 Å². The summed E-state index contributed by atoms with van der Waals surface area (Å²) < 4.78 is 6.67. The van der Waals surface area contributed by atoms with Crippen molar-refractivity contribution in [2.75, 3.05) is 11.9 Å². The van der Waals surface area contributed by atoms with Crippen molar-refractivity contribution in [1.29, 1.82) is 0 Å². The molecule has 3 aromatic rings. The van der Waals surface area contributed by atoms with Crippen LogP contribution in [0.15, 0.2) is 48.5 Å². The Morgan fingerprint density at radius 3 is 2.79 bits per heavy atom. The second-order valence-corrected chi connectivity index (χ2v) is 7.68. The minimum atomic E-state index is -0.552. The lowest BCUT2D eigenvalue weighted by molar-refractivity contribution is -0.132. The van der Waals surface area contributed by atoms with Gasteiger partial charge in [-0.1, -0.05) is 41.7 Å². The highest BCUT2D eigenvalue weighted by Gasteiger charge is 2.26. The first-order chi connectivity index (χ1) is 13.6. The van der Waals surface area contributed by atoms with E-state index in [9.17, 15) is 9.59 Å². The van der Waals surface area contributed by atoms with E-state index in [1.807, 2.05) is 48.5 Å². The average Bonchev–Trinajstić information content (AvgIpc) is 3.13. The molecule has 4 rings (SSSR count). The molecular weight excluding hydrogens is 376 g/mol. The van der Waals surface area contributed by atoms with Crippen LogP contribution in [0.25, 0.3) is 10.2 Å². The standard InChI is InChI=1S/C20H20N4O3S/c1-12(21-20-22-15-7-3-5-9-17(15)28-20)18(25)23-24-19(26)14-10-13-6-2-4-8-16(13)27-11-14/h2-9,12,14H,10-11H2,1H3,(H,21,22)(H,23,25)(H,24,26). The maximum absolute atomic E-state index is 12.4. The van der Waals surface area contributed by atoms with Crippen LogP contribution < -0.4 is 20.9 Å². The fourth-order valence-electron chi connectivity index (χ4n) is 3.01. The number of amides is 2. The van der Waals surface area contributed by atoms with E-state index in [1.54, 1.807) is 6.92 Å². The predicted molar refractivity (Wildman–Crippen MR) is 108 cm³/mol. The van der Waals surface area contributed by atoms with Crippen LogP contribution in [0.5, 0.6) is 5.75 Å². The number of benzene rings is 2. The summed E-state index contributed by atoms with van der Waals surface area (Å²) in [4.78, 5) is 29.1. The second kappa shape index (κ2) is 7.85. The fraction of sp³-hybridized carbons (Fsp3) is 0.250. The van der Waals surface area contributed by atoms with Crippen LogP contribution in [0, 0.1) is 5.92 Å². The SMILES string of the molecule is CC(Nc1nc2ccccc2s1)C(=O)NNC(=O)C1COc2ccccc2C1. The van der Waals surface area contributed by atoms with E-state index in [0.29, 0.717) is 11.6 Å². The summed E-state index contributed by atoms with van der Waals surface area (Å²) in [6, 6.07) is 14.9. The lowest BCUT2D eigenvalue weighted by Gasteiger charge is -2.24. The highest BCUT2D eigenvalue weighted by molar-refractivity contribution is 7.22. The topological polar surface area (TPSA) is 92.4 Å². The van der Waals surface area contributed by atoms with Gasteiger partial charge in [-0.3, -0.25) is 20.4 Å². The molecule has 1 aliphatic heterocycles. The number of para-hydroxylation sites is 2. The third kappa shape index (κ3) is 3.91. The first-order valence-corrected chi connectivity index (χ1v) is 9.84. The van der Waals surface area contributed by atoms with Gasteiger partial charge in [0, 0.05) is 0 Å². The average molecular weight is 396 g/mol. The molecule has 0 saturated carbocycles. The van der Waals surface area contributed by atoms with Gasteiger partial charge in [0.1, 0.15) is 18.4 Å². The summed E-state index contributed by atoms with van der Waals surface area (Å²) in [6.07, 6.45) is 0.581. The van der Waals surface area contributed by atoms with Crippen LogP contribution in [0.3, 0.4) is 0 Å². The number of aromatic nitrogens is 1. The number of fused-ring (bicyclic) bond motifs is 2. The number of anilines is 1. The number of nitrogens with one attached hydrogen (secondary N) is 3. The Morgan fingerprint density at radius 2 is 1.93 bits per heavy atom. The Balaban J connectivity index is 1.29. The van der Waals surface area contributed by atoms with Gasteiger partial charge in [0.2, 0.25) is 5.91 Å². The van der Waals surface area contributed by atoms with Crippen LogP contribution in [0.4, 0.5) is 5.13 Å². The minimum absolute atomic E-state index is 0.268. The number of rotatable bonds is 4. The highest BCUT2D eigenvalue weighted by Crippen LogP contribution is 2.27. The normalized spacial score (nSPS) is 16.5. The van der Waals surface area contributed by atoms with E-state index in [1.165, 1.54) is 11.3 Å². The molecule has 0 radical (unpaired) electrons. The van der Waals surface area contributed by atoms with Gasteiger partial charge in [-0.25, -0.2) is 4.98 Å². The van der Waals surface area contributed by atoms with Gasteiger partial charge in [-0.05, 0) is 37.1 Å². The molecule has 2 aromatic carbocycles. The summed E-state index contributed by atoms with van der Waals surface area (Å²) in [5, 5.41) is 3.73. The number of thiazole rings is 1. The van der Waals surface area contributed by atoms with Crippen LogP contribution in [-0.2, 0) is 16.0 Å². The first-order valence-electron chi connectivity index (χ1n) is 9.02. The zero-order chi connectivity index (χ0) is 19.5. The van der Waals surface area contributed by atoms with Crippen molar-refractivity contribution in [3.63, 3.8) is 0 Å². The Kier molecular flexibility index (Phi) is 5.12. The lowest BCUT2D eigenvalue weighted by Crippen LogP contribution is -2.50.